The molecule has 0 unspecified atom stereocenters. The molecule has 150 valence electrons. The van der Waals surface area contributed by atoms with Crippen molar-refractivity contribution in [3.05, 3.63) is 71.5 Å². The lowest BCUT2D eigenvalue weighted by molar-refractivity contribution is -0.126. The highest BCUT2D eigenvalue weighted by Crippen LogP contribution is 2.23. The minimum absolute atomic E-state index is 0.0352. The van der Waals surface area contributed by atoms with E-state index < -0.39 is 15.8 Å². The van der Waals surface area contributed by atoms with Crippen LogP contribution in [-0.4, -0.2) is 31.7 Å². The summed E-state index contributed by atoms with van der Waals surface area (Å²) in [5.41, 5.74) is 1.59. The Hall–Kier alpha value is -2.25. The van der Waals surface area contributed by atoms with E-state index in [2.05, 4.69) is 5.32 Å². The summed E-state index contributed by atoms with van der Waals surface area (Å²) in [5, 5.41) is 3.02. The van der Waals surface area contributed by atoms with Crippen molar-refractivity contribution in [2.24, 2.45) is 5.92 Å². The second-order valence-corrected chi connectivity index (χ2v) is 9.17. The molecule has 0 radical (unpaired) electrons. The van der Waals surface area contributed by atoms with Crippen molar-refractivity contribution in [2.75, 3.05) is 13.1 Å². The van der Waals surface area contributed by atoms with Crippen LogP contribution in [0.15, 0.2) is 54.6 Å². The van der Waals surface area contributed by atoms with Crippen molar-refractivity contribution in [1.82, 2.24) is 9.62 Å². The van der Waals surface area contributed by atoms with E-state index in [1.165, 1.54) is 28.6 Å². The topological polar surface area (TPSA) is 66.5 Å². The number of nitrogens with zero attached hydrogens (tertiary/aromatic N) is 1. The summed E-state index contributed by atoms with van der Waals surface area (Å²) in [6.07, 6.45) is 0.992. The lowest BCUT2D eigenvalue weighted by Crippen LogP contribution is -2.43. The van der Waals surface area contributed by atoms with E-state index in [0.29, 0.717) is 31.5 Å². The van der Waals surface area contributed by atoms with Crippen LogP contribution in [0.4, 0.5) is 4.39 Å². The normalized spacial score (nSPS) is 17.2. The Labute approximate surface area is 165 Å². The average Bonchev–Trinajstić information content (AvgIpc) is 2.70. The molecule has 28 heavy (non-hydrogen) atoms. The SMILES string of the molecule is C[C@H](NC(=O)C1CCN(S(=O)(=O)Cc2ccc(F)cc2)CC1)c1ccccc1. The Kier molecular flexibility index (Phi) is 6.46. The summed E-state index contributed by atoms with van der Waals surface area (Å²) in [6.45, 7) is 2.58. The molecule has 5 nitrogen and oxygen atoms in total. The Morgan fingerprint density at radius 3 is 2.32 bits per heavy atom. The zero-order valence-corrected chi connectivity index (χ0v) is 16.7. The van der Waals surface area contributed by atoms with Crippen LogP contribution in [0.5, 0.6) is 0 Å². The first kappa shape index (κ1) is 20.5. The van der Waals surface area contributed by atoms with E-state index in [9.17, 15) is 17.6 Å². The number of benzene rings is 2. The molecule has 0 spiro atoms. The molecular formula is C21H25FN2O3S. The fraction of sp³-hybridized carbons (Fsp3) is 0.381. The molecule has 1 N–H and O–H groups in total. The standard InChI is InChI=1S/C21H25FN2O3S/c1-16(18-5-3-2-4-6-18)23-21(25)19-11-13-24(14-12-19)28(26,27)15-17-7-9-20(22)10-8-17/h2-10,16,19H,11-15H2,1H3,(H,23,25)/t16-/m0/s1. The van der Waals surface area contributed by atoms with E-state index in [1.807, 2.05) is 37.3 Å². The van der Waals surface area contributed by atoms with Crippen molar-refractivity contribution in [3.63, 3.8) is 0 Å². The monoisotopic (exact) mass is 404 g/mol. The van der Waals surface area contributed by atoms with Gasteiger partial charge in [0.15, 0.2) is 0 Å². The number of hydrogen-bond acceptors (Lipinski definition) is 3. The second kappa shape index (κ2) is 8.84. The number of piperidine rings is 1. The molecule has 0 saturated carbocycles. The summed E-state index contributed by atoms with van der Waals surface area (Å²) in [7, 11) is -3.49. The van der Waals surface area contributed by atoms with Gasteiger partial charge in [0.05, 0.1) is 11.8 Å². The summed E-state index contributed by atoms with van der Waals surface area (Å²) in [6, 6.07) is 15.1. The molecule has 1 aliphatic heterocycles. The van der Waals surface area contributed by atoms with E-state index >= 15 is 0 Å². The van der Waals surface area contributed by atoms with Crippen molar-refractivity contribution in [1.29, 1.82) is 0 Å². The van der Waals surface area contributed by atoms with Crippen LogP contribution in [0.3, 0.4) is 0 Å². The van der Waals surface area contributed by atoms with E-state index in [4.69, 9.17) is 0 Å². The van der Waals surface area contributed by atoms with Crippen LogP contribution in [-0.2, 0) is 20.6 Å². The minimum atomic E-state index is -3.49. The molecule has 2 aromatic carbocycles. The zero-order valence-electron chi connectivity index (χ0n) is 15.8. The van der Waals surface area contributed by atoms with Crippen LogP contribution >= 0.6 is 0 Å². The highest BCUT2D eigenvalue weighted by molar-refractivity contribution is 7.88. The van der Waals surface area contributed by atoms with Gasteiger partial charge in [-0.05, 0) is 43.0 Å². The average molecular weight is 405 g/mol. The number of carbonyl (C=O) groups excluding carboxylic acids is 1. The fourth-order valence-corrected chi connectivity index (χ4v) is 5.00. The predicted octanol–water partition coefficient (Wildman–Crippen LogP) is 3.24. The Bertz CT molecular complexity index is 893. The lowest BCUT2D eigenvalue weighted by Gasteiger charge is -2.31. The van der Waals surface area contributed by atoms with Crippen LogP contribution in [0.1, 0.15) is 36.9 Å². The largest absolute Gasteiger partial charge is 0.349 e. The third kappa shape index (κ3) is 5.17. The Balaban J connectivity index is 1.53. The van der Waals surface area contributed by atoms with Gasteiger partial charge in [-0.1, -0.05) is 42.5 Å². The number of amides is 1. The number of sulfonamides is 1. The molecule has 1 saturated heterocycles. The number of rotatable bonds is 6. The Morgan fingerprint density at radius 2 is 1.71 bits per heavy atom. The molecule has 7 heteroatoms. The van der Waals surface area contributed by atoms with Gasteiger partial charge in [0.2, 0.25) is 15.9 Å². The van der Waals surface area contributed by atoms with Gasteiger partial charge < -0.3 is 5.32 Å². The quantitative estimate of drug-likeness (QED) is 0.804. The van der Waals surface area contributed by atoms with Gasteiger partial charge in [-0.2, -0.15) is 0 Å². The van der Waals surface area contributed by atoms with E-state index in [-0.39, 0.29) is 23.6 Å². The van der Waals surface area contributed by atoms with Crippen molar-refractivity contribution < 1.29 is 17.6 Å². The molecule has 1 aliphatic rings. The zero-order chi connectivity index (χ0) is 20.1. The molecule has 0 aliphatic carbocycles. The molecule has 1 atom stereocenters. The minimum Gasteiger partial charge on any atom is -0.349 e. The maximum atomic E-state index is 13.0. The second-order valence-electron chi connectivity index (χ2n) is 7.20. The summed E-state index contributed by atoms with van der Waals surface area (Å²) in [5.74, 6) is -0.775. The first-order chi connectivity index (χ1) is 13.3. The molecule has 1 heterocycles. The van der Waals surface area contributed by atoms with Gasteiger partial charge in [-0.25, -0.2) is 17.1 Å². The molecule has 1 fully saturated rings. The first-order valence-electron chi connectivity index (χ1n) is 9.43. The maximum absolute atomic E-state index is 13.0. The smallest absolute Gasteiger partial charge is 0.223 e. The predicted molar refractivity (Wildman–Crippen MR) is 106 cm³/mol. The van der Waals surface area contributed by atoms with Gasteiger partial charge in [0.1, 0.15) is 5.82 Å². The molecule has 0 bridgehead atoms. The molecule has 1 amide bonds. The van der Waals surface area contributed by atoms with Crippen molar-refractivity contribution >= 4 is 15.9 Å². The van der Waals surface area contributed by atoms with Crippen LogP contribution in [0.2, 0.25) is 0 Å². The number of hydrogen-bond donors (Lipinski definition) is 1. The first-order valence-corrected chi connectivity index (χ1v) is 11.0. The van der Waals surface area contributed by atoms with Crippen molar-refractivity contribution in [3.8, 4) is 0 Å². The van der Waals surface area contributed by atoms with Crippen LogP contribution in [0.25, 0.3) is 0 Å². The van der Waals surface area contributed by atoms with E-state index in [0.717, 1.165) is 5.56 Å². The third-order valence-electron chi connectivity index (χ3n) is 5.14. The number of halogens is 1. The molecule has 0 aromatic heterocycles. The number of nitrogens with one attached hydrogen (secondary N) is 1. The highest BCUT2D eigenvalue weighted by Gasteiger charge is 2.31. The Morgan fingerprint density at radius 1 is 1.11 bits per heavy atom. The summed E-state index contributed by atoms with van der Waals surface area (Å²) in [4.78, 5) is 12.5. The summed E-state index contributed by atoms with van der Waals surface area (Å²) >= 11 is 0. The van der Waals surface area contributed by atoms with Crippen molar-refractivity contribution in [2.45, 2.75) is 31.6 Å². The molecule has 2 aromatic rings. The summed E-state index contributed by atoms with van der Waals surface area (Å²) < 4.78 is 39.6. The van der Waals surface area contributed by atoms with Gasteiger partial charge in [-0.3, -0.25) is 4.79 Å². The molecule has 3 rings (SSSR count). The van der Waals surface area contributed by atoms with Gasteiger partial charge >= 0.3 is 0 Å². The molecular weight excluding hydrogens is 379 g/mol. The van der Waals surface area contributed by atoms with Gasteiger partial charge in [-0.15, -0.1) is 0 Å². The number of carbonyl (C=O) groups is 1. The van der Waals surface area contributed by atoms with Gasteiger partial charge in [0, 0.05) is 19.0 Å². The van der Waals surface area contributed by atoms with Gasteiger partial charge in [0.25, 0.3) is 0 Å². The fourth-order valence-electron chi connectivity index (χ4n) is 3.43. The van der Waals surface area contributed by atoms with E-state index in [1.54, 1.807) is 0 Å². The highest BCUT2D eigenvalue weighted by atomic mass is 32.2. The lowest BCUT2D eigenvalue weighted by atomic mass is 9.96. The van der Waals surface area contributed by atoms with Crippen LogP contribution in [0, 0.1) is 11.7 Å². The third-order valence-corrected chi connectivity index (χ3v) is 6.99. The maximum Gasteiger partial charge on any atom is 0.223 e. The van der Waals surface area contributed by atoms with Crippen LogP contribution < -0.4 is 5.32 Å².